The molecule has 3 rings (SSSR count). The van der Waals surface area contributed by atoms with Gasteiger partial charge in [-0.05, 0) is 69.2 Å². The van der Waals surface area contributed by atoms with Crippen LogP contribution in [0.3, 0.4) is 0 Å². The predicted molar refractivity (Wildman–Crippen MR) is 117 cm³/mol. The van der Waals surface area contributed by atoms with Crippen LogP contribution in [0.25, 0.3) is 0 Å². The van der Waals surface area contributed by atoms with E-state index in [0.717, 1.165) is 22.4 Å². The van der Waals surface area contributed by atoms with Crippen LogP contribution in [0, 0.1) is 27.7 Å². The second-order valence-corrected chi connectivity index (χ2v) is 7.59. The zero-order chi connectivity index (χ0) is 22.5. The average Bonchev–Trinajstić information content (AvgIpc) is 3.05. The normalized spacial score (nSPS) is 10.6. The molecule has 1 N–H and O–H groups in total. The molecular weight excluding hydrogens is 420 g/mol. The Morgan fingerprint density at radius 3 is 2.42 bits per heavy atom. The highest BCUT2D eigenvalue weighted by atomic mass is 35.5. The highest BCUT2D eigenvalue weighted by molar-refractivity contribution is 6.34. The number of esters is 1. The second kappa shape index (κ2) is 9.66. The minimum atomic E-state index is -0.612. The van der Waals surface area contributed by atoms with Gasteiger partial charge in [0.1, 0.15) is 18.1 Å². The number of anilines is 1. The van der Waals surface area contributed by atoms with Gasteiger partial charge in [-0.1, -0.05) is 22.8 Å². The molecule has 0 saturated carbocycles. The third-order valence-electron chi connectivity index (χ3n) is 4.68. The van der Waals surface area contributed by atoms with Crippen molar-refractivity contribution in [1.82, 2.24) is 5.16 Å². The number of nitrogens with zero attached hydrogens (tertiary/aromatic N) is 1. The van der Waals surface area contributed by atoms with Gasteiger partial charge in [0.2, 0.25) is 0 Å². The molecule has 0 aliphatic rings. The van der Waals surface area contributed by atoms with Gasteiger partial charge < -0.3 is 19.3 Å². The molecule has 0 aliphatic heterocycles. The number of benzene rings is 2. The lowest BCUT2D eigenvalue weighted by atomic mass is 10.1. The number of carbonyl (C=O) groups excluding carboxylic acids is 2. The summed E-state index contributed by atoms with van der Waals surface area (Å²) in [5, 5.41) is 7.00. The Hall–Kier alpha value is -3.32. The van der Waals surface area contributed by atoms with E-state index in [1.54, 1.807) is 30.3 Å². The quantitative estimate of drug-likeness (QED) is 0.521. The van der Waals surface area contributed by atoms with Gasteiger partial charge in [0.05, 0.1) is 27.5 Å². The minimum absolute atomic E-state index is 0.307. The van der Waals surface area contributed by atoms with E-state index in [4.69, 9.17) is 25.6 Å². The summed E-state index contributed by atoms with van der Waals surface area (Å²) < 4.78 is 15.9. The van der Waals surface area contributed by atoms with Crippen molar-refractivity contribution >= 4 is 29.2 Å². The van der Waals surface area contributed by atoms with Gasteiger partial charge in [-0.2, -0.15) is 0 Å². The van der Waals surface area contributed by atoms with E-state index in [9.17, 15) is 9.59 Å². The van der Waals surface area contributed by atoms with Crippen LogP contribution >= 0.6 is 11.6 Å². The van der Waals surface area contributed by atoms with Crippen LogP contribution in [0.15, 0.2) is 40.9 Å². The largest absolute Gasteiger partial charge is 0.489 e. The molecule has 31 heavy (non-hydrogen) atoms. The Bertz CT molecular complexity index is 1060. The van der Waals surface area contributed by atoms with Crippen molar-refractivity contribution in [3.05, 3.63) is 75.1 Å². The van der Waals surface area contributed by atoms with Crippen molar-refractivity contribution in [2.24, 2.45) is 0 Å². The molecule has 162 valence electrons. The van der Waals surface area contributed by atoms with Crippen molar-refractivity contribution in [3.8, 4) is 5.75 Å². The maximum Gasteiger partial charge on any atom is 0.338 e. The molecule has 7 nitrogen and oxygen atoms in total. The molecule has 0 fully saturated rings. The van der Waals surface area contributed by atoms with Crippen LogP contribution in [0.5, 0.6) is 5.75 Å². The maximum atomic E-state index is 12.2. The van der Waals surface area contributed by atoms with E-state index in [0.29, 0.717) is 34.4 Å². The molecule has 1 aromatic heterocycles. The summed E-state index contributed by atoms with van der Waals surface area (Å²) in [5.41, 5.74) is 4.30. The van der Waals surface area contributed by atoms with Crippen LogP contribution in [-0.2, 0) is 16.1 Å². The van der Waals surface area contributed by atoms with Crippen LogP contribution < -0.4 is 10.1 Å². The first kappa shape index (κ1) is 22.4. The monoisotopic (exact) mass is 442 g/mol. The first-order valence-electron chi connectivity index (χ1n) is 9.63. The zero-order valence-electron chi connectivity index (χ0n) is 17.7. The molecule has 0 spiro atoms. The summed E-state index contributed by atoms with van der Waals surface area (Å²) in [5.74, 6) is 0.206. The fourth-order valence-corrected chi connectivity index (χ4v) is 3.38. The Morgan fingerprint density at radius 2 is 1.81 bits per heavy atom. The molecule has 0 radical (unpaired) electrons. The number of ether oxygens (including phenoxy) is 2. The van der Waals surface area contributed by atoms with E-state index >= 15 is 0 Å². The highest BCUT2D eigenvalue weighted by Gasteiger charge is 2.14. The van der Waals surface area contributed by atoms with Crippen molar-refractivity contribution in [3.63, 3.8) is 0 Å². The molecule has 1 heterocycles. The smallest absolute Gasteiger partial charge is 0.338 e. The fraction of sp³-hybridized carbons (Fsp3) is 0.261. The molecule has 3 aromatic rings. The number of hydrogen-bond donors (Lipinski definition) is 1. The Labute approximate surface area is 185 Å². The Balaban J connectivity index is 1.52. The Morgan fingerprint density at radius 1 is 1.10 bits per heavy atom. The lowest BCUT2D eigenvalue weighted by Crippen LogP contribution is -2.21. The van der Waals surface area contributed by atoms with E-state index in [1.165, 1.54) is 0 Å². The first-order valence-corrected chi connectivity index (χ1v) is 10.0. The van der Waals surface area contributed by atoms with Gasteiger partial charge >= 0.3 is 5.97 Å². The molecule has 1 amide bonds. The molecule has 2 aromatic carbocycles. The summed E-state index contributed by atoms with van der Waals surface area (Å²) in [6, 6.07) is 10.1. The third-order valence-corrected chi connectivity index (χ3v) is 4.98. The lowest BCUT2D eigenvalue weighted by molar-refractivity contribution is -0.119. The van der Waals surface area contributed by atoms with Crippen LogP contribution in [0.4, 0.5) is 5.69 Å². The summed E-state index contributed by atoms with van der Waals surface area (Å²) in [7, 11) is 0. The van der Waals surface area contributed by atoms with Gasteiger partial charge in [0.15, 0.2) is 6.61 Å². The second-order valence-electron chi connectivity index (χ2n) is 7.18. The summed E-state index contributed by atoms with van der Waals surface area (Å²) in [6.07, 6.45) is 0. The number of halogens is 1. The van der Waals surface area contributed by atoms with E-state index < -0.39 is 18.5 Å². The number of nitrogens with one attached hydrogen (secondary N) is 1. The van der Waals surface area contributed by atoms with Crippen molar-refractivity contribution < 1.29 is 23.6 Å². The topological polar surface area (TPSA) is 90.7 Å². The molecule has 0 saturated heterocycles. The zero-order valence-corrected chi connectivity index (χ0v) is 18.5. The highest BCUT2D eigenvalue weighted by Crippen LogP contribution is 2.27. The van der Waals surface area contributed by atoms with Crippen molar-refractivity contribution in [1.29, 1.82) is 0 Å². The van der Waals surface area contributed by atoms with Crippen molar-refractivity contribution in [2.45, 2.75) is 34.3 Å². The van der Waals surface area contributed by atoms with Gasteiger partial charge in [-0.15, -0.1) is 0 Å². The van der Waals surface area contributed by atoms with Gasteiger partial charge in [0.25, 0.3) is 5.91 Å². The number of aromatic nitrogens is 1. The molecule has 0 bridgehead atoms. The predicted octanol–water partition coefficient (Wildman–Crippen LogP) is 4.94. The lowest BCUT2D eigenvalue weighted by Gasteiger charge is -2.12. The SMILES string of the molecule is Cc1cc(C)c(NC(=O)COC(=O)c2ccc(OCc3c(C)noc3C)cc2)c(Cl)c1. The van der Waals surface area contributed by atoms with E-state index in [2.05, 4.69) is 10.5 Å². The number of hydrogen-bond acceptors (Lipinski definition) is 6. The maximum absolute atomic E-state index is 12.2. The molecule has 8 heteroatoms. The number of amides is 1. The standard InChI is InChI=1S/C23H23ClN2O5/c1-13-9-14(2)22(20(24)10-13)25-21(27)12-30-23(28)17-5-7-18(8-6-17)29-11-19-15(3)26-31-16(19)4/h5-10H,11-12H2,1-4H3,(H,25,27). The molecule has 0 unspecified atom stereocenters. The van der Waals surface area contributed by atoms with Crippen LogP contribution in [0.2, 0.25) is 5.02 Å². The van der Waals surface area contributed by atoms with E-state index in [-0.39, 0.29) is 0 Å². The van der Waals surface area contributed by atoms with Crippen molar-refractivity contribution in [2.75, 3.05) is 11.9 Å². The average molecular weight is 443 g/mol. The Kier molecular flexibility index (Phi) is 6.97. The van der Waals surface area contributed by atoms with Gasteiger partial charge in [-0.25, -0.2) is 4.79 Å². The first-order chi connectivity index (χ1) is 14.7. The van der Waals surface area contributed by atoms with E-state index in [1.807, 2.05) is 33.8 Å². The number of rotatable bonds is 7. The number of aryl methyl sites for hydroxylation is 4. The summed E-state index contributed by atoms with van der Waals surface area (Å²) >= 11 is 6.18. The van der Waals surface area contributed by atoms with Crippen LogP contribution in [-0.4, -0.2) is 23.6 Å². The summed E-state index contributed by atoms with van der Waals surface area (Å²) in [6.45, 7) is 7.31. The van der Waals surface area contributed by atoms with Crippen LogP contribution in [0.1, 0.15) is 38.5 Å². The van der Waals surface area contributed by atoms with Gasteiger partial charge in [0, 0.05) is 0 Å². The molecule has 0 atom stereocenters. The minimum Gasteiger partial charge on any atom is -0.489 e. The number of carbonyl (C=O) groups is 2. The third kappa shape index (κ3) is 5.64. The molecule has 0 aliphatic carbocycles. The summed E-state index contributed by atoms with van der Waals surface area (Å²) in [4.78, 5) is 24.4. The fourth-order valence-electron chi connectivity index (χ4n) is 3.01. The molecular formula is C23H23ClN2O5. The van der Waals surface area contributed by atoms with Gasteiger partial charge in [-0.3, -0.25) is 4.79 Å².